The third kappa shape index (κ3) is 5.98. The van der Waals surface area contributed by atoms with Gasteiger partial charge in [0.25, 0.3) is 5.91 Å². The summed E-state index contributed by atoms with van der Waals surface area (Å²) >= 11 is 0. The molecule has 2 aromatic rings. The van der Waals surface area contributed by atoms with Crippen LogP contribution in [0.5, 0.6) is 0 Å². The quantitative estimate of drug-likeness (QED) is 0.636. The van der Waals surface area contributed by atoms with Gasteiger partial charge in [0.1, 0.15) is 0 Å². The number of nitrogens with one attached hydrogen (secondary N) is 1. The second kappa shape index (κ2) is 9.70. The van der Waals surface area contributed by atoms with E-state index in [1.807, 2.05) is 19.9 Å². The van der Waals surface area contributed by atoms with Crippen molar-refractivity contribution in [3.63, 3.8) is 0 Å². The molecule has 26 heavy (non-hydrogen) atoms. The summed E-state index contributed by atoms with van der Waals surface area (Å²) in [7, 11) is 0. The average Bonchev–Trinajstić information content (AvgIpc) is 2.95. The molecule has 7 nitrogen and oxygen atoms in total. The minimum atomic E-state index is -0.741. The Morgan fingerprint density at radius 1 is 1.12 bits per heavy atom. The summed E-state index contributed by atoms with van der Waals surface area (Å²) in [6, 6.07) is 5.51. The Balaban J connectivity index is 1.71. The van der Waals surface area contributed by atoms with Crippen LogP contribution in [0.25, 0.3) is 5.82 Å². The highest BCUT2D eigenvalue weighted by atomic mass is 16.4. The Hall–Kier alpha value is -2.70. The molecule has 2 rings (SSSR count). The smallest absolute Gasteiger partial charge is 0.303 e. The first-order valence-corrected chi connectivity index (χ1v) is 8.97. The highest BCUT2D eigenvalue weighted by Gasteiger charge is 2.08. The number of rotatable bonds is 10. The first kappa shape index (κ1) is 19.6. The van der Waals surface area contributed by atoms with Gasteiger partial charge in [0.2, 0.25) is 0 Å². The number of carboxylic acid groups (broad SMARTS) is 1. The van der Waals surface area contributed by atoms with Crippen LogP contribution in [0.3, 0.4) is 0 Å². The van der Waals surface area contributed by atoms with E-state index in [1.54, 1.807) is 23.0 Å². The van der Waals surface area contributed by atoms with E-state index in [2.05, 4.69) is 15.4 Å². The van der Waals surface area contributed by atoms with Gasteiger partial charge in [0.05, 0.1) is 11.3 Å². The Kier molecular flexibility index (Phi) is 7.32. The third-order valence-corrected chi connectivity index (χ3v) is 4.09. The zero-order valence-corrected chi connectivity index (χ0v) is 15.4. The zero-order chi connectivity index (χ0) is 18.9. The third-order valence-electron chi connectivity index (χ3n) is 4.09. The van der Waals surface area contributed by atoms with Gasteiger partial charge in [-0.2, -0.15) is 5.10 Å². The van der Waals surface area contributed by atoms with Gasteiger partial charge in [0, 0.05) is 24.9 Å². The molecule has 0 aromatic carbocycles. The molecule has 1 amide bonds. The number of hydrogen-bond donors (Lipinski definition) is 2. The number of aromatic nitrogens is 3. The molecule has 0 saturated carbocycles. The number of aliphatic carboxylic acids is 1. The topological polar surface area (TPSA) is 97.1 Å². The van der Waals surface area contributed by atoms with Crippen molar-refractivity contribution < 1.29 is 14.7 Å². The number of nitrogens with zero attached hydrogens (tertiary/aromatic N) is 3. The molecule has 0 saturated heterocycles. The highest BCUT2D eigenvalue weighted by molar-refractivity contribution is 5.93. The van der Waals surface area contributed by atoms with E-state index in [0.29, 0.717) is 17.9 Å². The van der Waals surface area contributed by atoms with Gasteiger partial charge in [-0.3, -0.25) is 9.59 Å². The Morgan fingerprint density at radius 3 is 2.46 bits per heavy atom. The second-order valence-electron chi connectivity index (χ2n) is 6.41. The molecular weight excluding hydrogens is 332 g/mol. The molecule has 2 heterocycles. The number of amides is 1. The summed E-state index contributed by atoms with van der Waals surface area (Å²) in [5.41, 5.74) is 2.45. The molecule has 0 fully saturated rings. The van der Waals surface area contributed by atoms with Gasteiger partial charge in [-0.25, -0.2) is 9.67 Å². The maximum atomic E-state index is 12.1. The van der Waals surface area contributed by atoms with Crippen molar-refractivity contribution in [3.8, 4) is 5.82 Å². The van der Waals surface area contributed by atoms with Gasteiger partial charge >= 0.3 is 5.97 Å². The monoisotopic (exact) mass is 358 g/mol. The molecule has 0 aliphatic carbocycles. The lowest BCUT2D eigenvalue weighted by molar-refractivity contribution is -0.137. The van der Waals surface area contributed by atoms with E-state index >= 15 is 0 Å². The van der Waals surface area contributed by atoms with Crippen molar-refractivity contribution in [2.45, 2.75) is 52.4 Å². The van der Waals surface area contributed by atoms with Gasteiger partial charge in [-0.1, -0.05) is 19.3 Å². The van der Waals surface area contributed by atoms with E-state index in [0.717, 1.165) is 43.5 Å². The Morgan fingerprint density at radius 2 is 1.85 bits per heavy atom. The number of carboxylic acids is 1. The summed E-state index contributed by atoms with van der Waals surface area (Å²) in [5.74, 6) is -0.188. The van der Waals surface area contributed by atoms with E-state index in [4.69, 9.17) is 5.11 Å². The van der Waals surface area contributed by atoms with Crippen LogP contribution in [0.15, 0.2) is 24.4 Å². The highest BCUT2D eigenvalue weighted by Crippen LogP contribution is 2.10. The fourth-order valence-electron chi connectivity index (χ4n) is 2.74. The van der Waals surface area contributed by atoms with Gasteiger partial charge in [-0.15, -0.1) is 0 Å². The van der Waals surface area contributed by atoms with Crippen molar-refractivity contribution in [1.82, 2.24) is 20.1 Å². The lowest BCUT2D eigenvalue weighted by Crippen LogP contribution is -2.24. The molecule has 0 bridgehead atoms. The van der Waals surface area contributed by atoms with Crippen LogP contribution in [0.4, 0.5) is 0 Å². The van der Waals surface area contributed by atoms with E-state index < -0.39 is 5.97 Å². The van der Waals surface area contributed by atoms with Crippen LogP contribution in [-0.4, -0.2) is 38.3 Å². The summed E-state index contributed by atoms with van der Waals surface area (Å²) < 4.78 is 1.75. The Bertz CT molecular complexity index is 738. The molecule has 0 atom stereocenters. The lowest BCUT2D eigenvalue weighted by atomic mass is 10.1. The van der Waals surface area contributed by atoms with E-state index in [1.165, 1.54) is 0 Å². The van der Waals surface area contributed by atoms with Crippen LogP contribution >= 0.6 is 0 Å². The molecule has 2 aromatic heterocycles. The lowest BCUT2D eigenvalue weighted by Gasteiger charge is -2.07. The van der Waals surface area contributed by atoms with Gasteiger partial charge in [-0.05, 0) is 44.9 Å². The molecule has 0 unspecified atom stereocenters. The van der Waals surface area contributed by atoms with Crippen molar-refractivity contribution in [2.75, 3.05) is 6.54 Å². The second-order valence-corrected chi connectivity index (χ2v) is 6.41. The number of carbonyl (C=O) groups excluding carboxylic acids is 1. The van der Waals surface area contributed by atoms with Gasteiger partial charge < -0.3 is 10.4 Å². The largest absolute Gasteiger partial charge is 0.481 e. The molecule has 0 aliphatic heterocycles. The minimum absolute atomic E-state index is 0.136. The summed E-state index contributed by atoms with van der Waals surface area (Å²) in [6.45, 7) is 4.50. The molecule has 0 radical (unpaired) electrons. The van der Waals surface area contributed by atoms with Gasteiger partial charge in [0.15, 0.2) is 5.82 Å². The summed E-state index contributed by atoms with van der Waals surface area (Å²) in [6.07, 6.45) is 6.28. The van der Waals surface area contributed by atoms with Crippen LogP contribution < -0.4 is 5.32 Å². The fourth-order valence-corrected chi connectivity index (χ4v) is 2.74. The first-order valence-electron chi connectivity index (χ1n) is 8.97. The Labute approximate surface area is 153 Å². The van der Waals surface area contributed by atoms with Crippen LogP contribution in [0.2, 0.25) is 0 Å². The van der Waals surface area contributed by atoms with Crippen molar-refractivity contribution >= 4 is 11.9 Å². The zero-order valence-electron chi connectivity index (χ0n) is 15.4. The summed E-state index contributed by atoms with van der Waals surface area (Å²) in [4.78, 5) is 26.9. The van der Waals surface area contributed by atoms with Crippen LogP contribution in [0.1, 0.15) is 60.3 Å². The molecule has 140 valence electrons. The molecule has 0 aliphatic rings. The average molecular weight is 358 g/mol. The summed E-state index contributed by atoms with van der Waals surface area (Å²) in [5, 5.41) is 15.8. The normalized spacial score (nSPS) is 10.7. The van der Waals surface area contributed by atoms with Crippen LogP contribution in [0, 0.1) is 13.8 Å². The van der Waals surface area contributed by atoms with Crippen molar-refractivity contribution in [2.24, 2.45) is 0 Å². The predicted octanol–water partition coefficient (Wildman–Crippen LogP) is 3.04. The van der Waals surface area contributed by atoms with E-state index in [9.17, 15) is 9.59 Å². The number of pyridine rings is 1. The maximum Gasteiger partial charge on any atom is 0.303 e. The predicted molar refractivity (Wildman–Crippen MR) is 98.5 cm³/mol. The fraction of sp³-hybridized carbons (Fsp3) is 0.474. The number of hydrogen-bond acceptors (Lipinski definition) is 4. The number of aryl methyl sites for hydroxylation is 2. The number of unbranched alkanes of at least 4 members (excludes halogenated alkanes) is 4. The SMILES string of the molecule is Cc1cc(C)n(-c2ccc(C(=O)NCCCCCCCC(=O)O)cn2)n1. The minimum Gasteiger partial charge on any atom is -0.481 e. The van der Waals surface area contributed by atoms with Crippen molar-refractivity contribution in [3.05, 3.63) is 41.3 Å². The maximum absolute atomic E-state index is 12.1. The molecule has 7 heteroatoms. The van der Waals surface area contributed by atoms with Crippen molar-refractivity contribution in [1.29, 1.82) is 0 Å². The molecule has 2 N–H and O–H groups in total. The first-order chi connectivity index (χ1) is 12.5. The standard InChI is InChI=1S/C19H26N4O3/c1-14-12-15(2)23(22-14)17-10-9-16(13-21-17)19(26)20-11-7-5-3-4-6-8-18(24)25/h9-10,12-13H,3-8,11H2,1-2H3,(H,20,26)(H,24,25). The van der Waals surface area contributed by atoms with E-state index in [-0.39, 0.29) is 12.3 Å². The van der Waals surface area contributed by atoms with Crippen LogP contribution in [-0.2, 0) is 4.79 Å². The number of carbonyl (C=O) groups is 2. The molecule has 0 spiro atoms. The molecular formula is C19H26N4O3.